The quantitative estimate of drug-likeness (QED) is 0.861. The Morgan fingerprint density at radius 1 is 1.20 bits per heavy atom. The van der Waals surface area contributed by atoms with Crippen LogP contribution in [0.15, 0.2) is 30.3 Å². The van der Waals surface area contributed by atoms with Gasteiger partial charge in [0, 0.05) is 6.54 Å². The molecule has 25 heavy (non-hydrogen) atoms. The Balaban J connectivity index is 1.49. The Kier molecular flexibility index (Phi) is 4.61. The van der Waals surface area contributed by atoms with E-state index in [1.54, 1.807) is 0 Å². The molecule has 3 nitrogen and oxygen atoms in total. The maximum atomic E-state index is 13.4. The number of rotatable bonds is 5. The molecular formula is C22H32N2O. The predicted molar refractivity (Wildman–Crippen MR) is 101 cm³/mol. The number of carbonyl (C=O) groups is 1. The number of piperidine rings is 1. The molecular weight excluding hydrogens is 308 g/mol. The van der Waals surface area contributed by atoms with Gasteiger partial charge < -0.3 is 10.6 Å². The monoisotopic (exact) mass is 340 g/mol. The van der Waals surface area contributed by atoms with Crippen molar-refractivity contribution in [2.75, 3.05) is 19.6 Å². The van der Waals surface area contributed by atoms with Crippen LogP contribution in [0, 0.1) is 22.7 Å². The van der Waals surface area contributed by atoms with Gasteiger partial charge in [0.15, 0.2) is 0 Å². The van der Waals surface area contributed by atoms with E-state index in [1.807, 2.05) is 0 Å². The van der Waals surface area contributed by atoms with Crippen LogP contribution in [0.5, 0.6) is 0 Å². The second-order valence-corrected chi connectivity index (χ2v) is 9.14. The summed E-state index contributed by atoms with van der Waals surface area (Å²) in [5.74, 6) is 1.69. The third-order valence-corrected chi connectivity index (χ3v) is 7.28. The van der Waals surface area contributed by atoms with Crippen molar-refractivity contribution in [3.63, 3.8) is 0 Å². The van der Waals surface area contributed by atoms with Gasteiger partial charge in [-0.3, -0.25) is 4.79 Å². The van der Waals surface area contributed by atoms with Gasteiger partial charge in [0.25, 0.3) is 0 Å². The first-order valence-electron chi connectivity index (χ1n) is 10.1. The number of nitrogens with one attached hydrogen (secondary N) is 2. The van der Waals surface area contributed by atoms with Crippen LogP contribution in [0.25, 0.3) is 0 Å². The minimum atomic E-state index is -0.159. The third kappa shape index (κ3) is 3.36. The zero-order valence-electron chi connectivity index (χ0n) is 15.5. The van der Waals surface area contributed by atoms with Gasteiger partial charge in [-0.1, -0.05) is 43.7 Å². The van der Waals surface area contributed by atoms with Crippen LogP contribution in [-0.2, 0) is 11.2 Å². The predicted octanol–water partition coefficient (Wildman–Crippen LogP) is 3.54. The second kappa shape index (κ2) is 6.75. The number of amides is 1. The van der Waals surface area contributed by atoms with Gasteiger partial charge in [0.2, 0.25) is 5.91 Å². The van der Waals surface area contributed by atoms with E-state index in [0.29, 0.717) is 11.8 Å². The molecule has 2 N–H and O–H groups in total. The minimum absolute atomic E-state index is 0.159. The molecule has 3 atom stereocenters. The molecule has 1 saturated heterocycles. The number of fused-ring (bicyclic) bond motifs is 2. The van der Waals surface area contributed by atoms with Crippen LogP contribution in [0.1, 0.15) is 51.0 Å². The smallest absolute Gasteiger partial charge is 0.226 e. The fraction of sp³-hybridized carbons (Fsp3) is 0.682. The molecule has 4 rings (SSSR count). The van der Waals surface area contributed by atoms with Crippen LogP contribution in [0.4, 0.5) is 0 Å². The van der Waals surface area contributed by atoms with Gasteiger partial charge in [-0.25, -0.2) is 0 Å². The fourth-order valence-electron chi connectivity index (χ4n) is 5.66. The summed E-state index contributed by atoms with van der Waals surface area (Å²) in [6, 6.07) is 10.6. The largest absolute Gasteiger partial charge is 0.355 e. The molecule has 136 valence electrons. The van der Waals surface area contributed by atoms with Crippen molar-refractivity contribution in [3.05, 3.63) is 35.9 Å². The molecule has 1 aromatic rings. The molecule has 0 spiro atoms. The molecule has 2 aliphatic carbocycles. The van der Waals surface area contributed by atoms with E-state index >= 15 is 0 Å². The minimum Gasteiger partial charge on any atom is -0.355 e. The van der Waals surface area contributed by atoms with Crippen LogP contribution >= 0.6 is 0 Å². The SMILES string of the molecule is CC1(CNC(=O)C2(Cc3ccccc3)CC3CCC2C3)CCNCC1. The summed E-state index contributed by atoms with van der Waals surface area (Å²) in [5.41, 5.74) is 1.42. The molecule has 2 saturated carbocycles. The zero-order chi connectivity index (χ0) is 17.3. The van der Waals surface area contributed by atoms with Gasteiger partial charge in [-0.2, -0.15) is 0 Å². The van der Waals surface area contributed by atoms with Crippen LogP contribution in [-0.4, -0.2) is 25.5 Å². The fourth-order valence-corrected chi connectivity index (χ4v) is 5.66. The highest BCUT2D eigenvalue weighted by Gasteiger charge is 2.55. The lowest BCUT2D eigenvalue weighted by Crippen LogP contribution is -2.50. The third-order valence-electron chi connectivity index (χ3n) is 7.28. The second-order valence-electron chi connectivity index (χ2n) is 9.14. The number of benzene rings is 1. The van der Waals surface area contributed by atoms with E-state index in [1.165, 1.54) is 24.8 Å². The maximum Gasteiger partial charge on any atom is 0.226 e. The Labute approximate surface area is 152 Å². The number of carbonyl (C=O) groups excluding carboxylic acids is 1. The summed E-state index contributed by atoms with van der Waals surface area (Å²) in [6.07, 6.45) is 8.16. The highest BCUT2D eigenvalue weighted by Crippen LogP contribution is 2.57. The number of hydrogen-bond donors (Lipinski definition) is 2. The van der Waals surface area contributed by atoms with Crippen LogP contribution < -0.4 is 10.6 Å². The first kappa shape index (κ1) is 17.1. The molecule has 3 unspecified atom stereocenters. The molecule has 1 aromatic carbocycles. The lowest BCUT2D eigenvalue weighted by atomic mass is 9.68. The van der Waals surface area contributed by atoms with Crippen molar-refractivity contribution in [2.45, 2.75) is 51.9 Å². The van der Waals surface area contributed by atoms with E-state index in [-0.39, 0.29) is 10.8 Å². The standard InChI is InChI=1S/C22H32N2O/c1-21(9-11-23-12-10-21)16-24-20(25)22(14-17-5-3-2-4-6-17)15-18-7-8-19(22)13-18/h2-6,18-19,23H,7-16H2,1H3,(H,24,25). The van der Waals surface area contributed by atoms with Gasteiger partial charge in [-0.15, -0.1) is 0 Å². The van der Waals surface area contributed by atoms with E-state index in [2.05, 4.69) is 47.9 Å². The normalized spacial score (nSPS) is 33.3. The molecule has 3 heteroatoms. The summed E-state index contributed by atoms with van der Waals surface area (Å²) in [4.78, 5) is 13.4. The van der Waals surface area contributed by atoms with Gasteiger partial charge in [0.05, 0.1) is 5.41 Å². The molecule has 0 aromatic heterocycles. The van der Waals surface area contributed by atoms with E-state index in [4.69, 9.17) is 0 Å². The van der Waals surface area contributed by atoms with Gasteiger partial charge >= 0.3 is 0 Å². The van der Waals surface area contributed by atoms with Gasteiger partial charge in [0.1, 0.15) is 0 Å². The van der Waals surface area contributed by atoms with Crippen molar-refractivity contribution in [2.24, 2.45) is 22.7 Å². The molecule has 1 heterocycles. The maximum absolute atomic E-state index is 13.4. The van der Waals surface area contributed by atoms with Crippen molar-refractivity contribution >= 4 is 5.91 Å². The first-order chi connectivity index (χ1) is 12.1. The van der Waals surface area contributed by atoms with Crippen molar-refractivity contribution in [1.82, 2.24) is 10.6 Å². The van der Waals surface area contributed by atoms with Crippen molar-refractivity contribution < 1.29 is 4.79 Å². The molecule has 0 radical (unpaired) electrons. The highest BCUT2D eigenvalue weighted by atomic mass is 16.2. The lowest BCUT2D eigenvalue weighted by molar-refractivity contribution is -0.134. The Bertz CT molecular complexity index is 608. The van der Waals surface area contributed by atoms with E-state index in [9.17, 15) is 4.79 Å². The van der Waals surface area contributed by atoms with Gasteiger partial charge in [-0.05, 0) is 74.4 Å². The Morgan fingerprint density at radius 3 is 2.60 bits per heavy atom. The number of hydrogen-bond acceptors (Lipinski definition) is 2. The summed E-state index contributed by atoms with van der Waals surface area (Å²) in [6.45, 7) is 5.32. The highest BCUT2D eigenvalue weighted by molar-refractivity contribution is 5.84. The van der Waals surface area contributed by atoms with Crippen molar-refractivity contribution in [3.8, 4) is 0 Å². The van der Waals surface area contributed by atoms with E-state index < -0.39 is 0 Å². The Hall–Kier alpha value is -1.35. The molecule has 1 aliphatic heterocycles. The van der Waals surface area contributed by atoms with Crippen LogP contribution in [0.2, 0.25) is 0 Å². The summed E-state index contributed by atoms with van der Waals surface area (Å²) in [7, 11) is 0. The average molecular weight is 341 g/mol. The van der Waals surface area contributed by atoms with E-state index in [0.717, 1.165) is 51.2 Å². The molecule has 1 amide bonds. The first-order valence-corrected chi connectivity index (χ1v) is 10.1. The van der Waals surface area contributed by atoms with Crippen molar-refractivity contribution in [1.29, 1.82) is 0 Å². The zero-order valence-corrected chi connectivity index (χ0v) is 15.5. The molecule has 2 bridgehead atoms. The Morgan fingerprint density at radius 2 is 1.96 bits per heavy atom. The lowest BCUT2D eigenvalue weighted by Gasteiger charge is -2.39. The molecule has 3 fully saturated rings. The average Bonchev–Trinajstić information content (AvgIpc) is 3.23. The molecule has 3 aliphatic rings. The summed E-state index contributed by atoms with van der Waals surface area (Å²) in [5, 5.41) is 6.85. The topological polar surface area (TPSA) is 41.1 Å². The van der Waals surface area contributed by atoms with Crippen LogP contribution in [0.3, 0.4) is 0 Å². The summed E-state index contributed by atoms with van der Waals surface area (Å²) >= 11 is 0. The summed E-state index contributed by atoms with van der Waals surface area (Å²) < 4.78 is 0.